The van der Waals surface area contributed by atoms with Crippen molar-refractivity contribution in [2.45, 2.75) is 19.9 Å². The van der Waals surface area contributed by atoms with Crippen LogP contribution in [0.3, 0.4) is 0 Å². The topological polar surface area (TPSA) is 52.5 Å². The van der Waals surface area contributed by atoms with E-state index < -0.39 is 0 Å². The minimum absolute atomic E-state index is 0.0610. The maximum Gasteiger partial charge on any atom is 0.146 e. The average molecular weight is 261 g/mol. The first-order valence-corrected chi connectivity index (χ1v) is 6.02. The molecule has 0 saturated heterocycles. The number of aryl methyl sites for hydroxylation is 1. The number of hydrogen-bond acceptors (Lipinski definition) is 3. The van der Waals surface area contributed by atoms with E-state index in [0.29, 0.717) is 11.3 Å². The molecule has 0 spiro atoms. The molecule has 0 saturated carbocycles. The molecule has 1 unspecified atom stereocenters. The van der Waals surface area contributed by atoms with Crippen molar-refractivity contribution in [2.24, 2.45) is 0 Å². The minimum Gasteiger partial charge on any atom is -0.508 e. The first kappa shape index (κ1) is 13.2. The average Bonchev–Trinajstić information content (AvgIpc) is 2.36. The fraction of sp³-hybridized carbons (Fsp3) is 0.200. The van der Waals surface area contributed by atoms with Gasteiger partial charge in [0, 0.05) is 5.56 Å². The summed E-state index contributed by atoms with van der Waals surface area (Å²) in [5, 5.41) is 22.2. The van der Waals surface area contributed by atoms with E-state index in [1.54, 1.807) is 19.1 Å². The first-order valence-electron chi connectivity index (χ1n) is 6.02. The van der Waals surface area contributed by atoms with Crippen molar-refractivity contribution in [3.8, 4) is 11.5 Å². The maximum absolute atomic E-state index is 13.7. The summed E-state index contributed by atoms with van der Waals surface area (Å²) in [7, 11) is 0. The van der Waals surface area contributed by atoms with E-state index >= 15 is 0 Å². The van der Waals surface area contributed by atoms with Gasteiger partial charge in [-0.15, -0.1) is 0 Å². The monoisotopic (exact) mass is 261 g/mol. The van der Waals surface area contributed by atoms with Crippen molar-refractivity contribution in [3.63, 3.8) is 0 Å². The molecule has 3 N–H and O–H groups in total. The van der Waals surface area contributed by atoms with Crippen molar-refractivity contribution in [1.82, 2.24) is 0 Å². The van der Waals surface area contributed by atoms with Crippen LogP contribution in [0.4, 0.5) is 10.1 Å². The number of halogens is 1. The smallest absolute Gasteiger partial charge is 0.146 e. The molecule has 0 fully saturated rings. The van der Waals surface area contributed by atoms with Crippen LogP contribution in [0.15, 0.2) is 36.4 Å². The molecule has 2 aromatic carbocycles. The summed E-state index contributed by atoms with van der Waals surface area (Å²) in [6.45, 7) is 3.66. The summed E-state index contributed by atoms with van der Waals surface area (Å²) in [5.41, 5.74) is 1.83. The van der Waals surface area contributed by atoms with Crippen LogP contribution >= 0.6 is 0 Å². The van der Waals surface area contributed by atoms with E-state index in [-0.39, 0.29) is 23.4 Å². The molecule has 3 nitrogen and oxygen atoms in total. The molecule has 0 aliphatic heterocycles. The van der Waals surface area contributed by atoms with Gasteiger partial charge in [0.25, 0.3) is 0 Å². The van der Waals surface area contributed by atoms with Crippen molar-refractivity contribution in [2.75, 3.05) is 5.32 Å². The Labute approximate surface area is 111 Å². The van der Waals surface area contributed by atoms with Crippen molar-refractivity contribution in [3.05, 3.63) is 53.3 Å². The SMILES string of the molecule is Cc1ccc(F)c(NC(C)c2cc(O)ccc2O)c1. The van der Waals surface area contributed by atoms with Crippen LogP contribution in [0, 0.1) is 12.7 Å². The molecule has 1 atom stereocenters. The summed E-state index contributed by atoms with van der Waals surface area (Å²) in [4.78, 5) is 0. The molecule has 0 heterocycles. The van der Waals surface area contributed by atoms with Crippen molar-refractivity contribution >= 4 is 5.69 Å². The zero-order valence-corrected chi connectivity index (χ0v) is 10.8. The Morgan fingerprint density at radius 2 is 1.84 bits per heavy atom. The molecule has 0 radical (unpaired) electrons. The third-order valence-electron chi connectivity index (χ3n) is 2.97. The molecule has 0 amide bonds. The molecule has 2 aromatic rings. The van der Waals surface area contributed by atoms with E-state index in [4.69, 9.17) is 0 Å². The predicted molar refractivity (Wildman–Crippen MR) is 72.9 cm³/mol. The van der Waals surface area contributed by atoms with E-state index in [9.17, 15) is 14.6 Å². The number of phenols is 2. The van der Waals surface area contributed by atoms with Crippen LogP contribution in [0.2, 0.25) is 0 Å². The highest BCUT2D eigenvalue weighted by Gasteiger charge is 2.13. The van der Waals surface area contributed by atoms with Gasteiger partial charge < -0.3 is 15.5 Å². The normalized spacial score (nSPS) is 12.2. The minimum atomic E-state index is -0.350. The van der Waals surface area contributed by atoms with Gasteiger partial charge in [-0.05, 0) is 49.7 Å². The number of benzene rings is 2. The summed E-state index contributed by atoms with van der Waals surface area (Å²) in [5.74, 6) is -0.228. The lowest BCUT2D eigenvalue weighted by Crippen LogP contribution is -2.08. The van der Waals surface area contributed by atoms with E-state index in [2.05, 4.69) is 5.32 Å². The van der Waals surface area contributed by atoms with E-state index in [1.807, 2.05) is 6.92 Å². The number of hydrogen-bond donors (Lipinski definition) is 3. The third-order valence-corrected chi connectivity index (χ3v) is 2.97. The molecule has 19 heavy (non-hydrogen) atoms. The van der Waals surface area contributed by atoms with Gasteiger partial charge in [-0.25, -0.2) is 4.39 Å². The van der Waals surface area contributed by atoms with Gasteiger partial charge >= 0.3 is 0 Å². The molecule has 4 heteroatoms. The standard InChI is InChI=1S/C15H16FNO2/c1-9-3-5-13(16)14(7-9)17-10(2)12-8-11(18)4-6-15(12)19/h3-8,10,17-19H,1-2H3. The predicted octanol–water partition coefficient (Wildman–Crippen LogP) is 3.72. The molecule has 0 bridgehead atoms. The Morgan fingerprint density at radius 3 is 2.58 bits per heavy atom. The molecule has 0 aliphatic carbocycles. The zero-order valence-electron chi connectivity index (χ0n) is 10.8. The van der Waals surface area contributed by atoms with Gasteiger partial charge in [0.2, 0.25) is 0 Å². The maximum atomic E-state index is 13.7. The van der Waals surface area contributed by atoms with E-state index in [1.165, 1.54) is 24.3 Å². The number of nitrogens with one attached hydrogen (secondary N) is 1. The Hall–Kier alpha value is -2.23. The Bertz CT molecular complexity index is 599. The molecule has 2 rings (SSSR count). The van der Waals surface area contributed by atoms with Crippen molar-refractivity contribution in [1.29, 1.82) is 0 Å². The summed E-state index contributed by atoms with van der Waals surface area (Å²) in [6.07, 6.45) is 0. The highest BCUT2D eigenvalue weighted by atomic mass is 19.1. The fourth-order valence-electron chi connectivity index (χ4n) is 1.95. The van der Waals surface area contributed by atoms with Crippen LogP contribution in [-0.4, -0.2) is 10.2 Å². The van der Waals surface area contributed by atoms with Gasteiger partial charge in [0.15, 0.2) is 0 Å². The first-order chi connectivity index (χ1) is 8.97. The highest BCUT2D eigenvalue weighted by Crippen LogP contribution is 2.30. The third kappa shape index (κ3) is 2.96. The van der Waals surface area contributed by atoms with Crippen LogP contribution < -0.4 is 5.32 Å². The fourth-order valence-corrected chi connectivity index (χ4v) is 1.95. The molecule has 100 valence electrons. The largest absolute Gasteiger partial charge is 0.508 e. The number of rotatable bonds is 3. The van der Waals surface area contributed by atoms with Gasteiger partial charge in [0.05, 0.1) is 11.7 Å². The van der Waals surface area contributed by atoms with Gasteiger partial charge in [0.1, 0.15) is 17.3 Å². The van der Waals surface area contributed by atoms with Crippen molar-refractivity contribution < 1.29 is 14.6 Å². The Kier molecular flexibility index (Phi) is 3.60. The molecular weight excluding hydrogens is 245 g/mol. The number of aromatic hydroxyl groups is 2. The van der Waals surface area contributed by atoms with Gasteiger partial charge in [-0.1, -0.05) is 6.07 Å². The van der Waals surface area contributed by atoms with Gasteiger partial charge in [-0.2, -0.15) is 0 Å². The number of anilines is 1. The highest BCUT2D eigenvalue weighted by molar-refractivity contribution is 5.51. The zero-order chi connectivity index (χ0) is 14.0. The molecule has 0 aliphatic rings. The second kappa shape index (κ2) is 5.18. The van der Waals surface area contributed by atoms with Crippen LogP contribution in [0.5, 0.6) is 11.5 Å². The van der Waals surface area contributed by atoms with E-state index in [0.717, 1.165) is 5.56 Å². The van der Waals surface area contributed by atoms with Crippen LogP contribution in [-0.2, 0) is 0 Å². The second-order valence-electron chi connectivity index (χ2n) is 4.59. The summed E-state index contributed by atoms with van der Waals surface area (Å²) in [6, 6.07) is 8.73. The quantitative estimate of drug-likeness (QED) is 0.738. The summed E-state index contributed by atoms with van der Waals surface area (Å²) < 4.78 is 13.7. The molecule has 0 aromatic heterocycles. The molecular formula is C15H16FNO2. The van der Waals surface area contributed by atoms with Crippen LogP contribution in [0.25, 0.3) is 0 Å². The lowest BCUT2D eigenvalue weighted by atomic mass is 10.1. The summed E-state index contributed by atoms with van der Waals surface area (Å²) >= 11 is 0. The Morgan fingerprint density at radius 1 is 1.11 bits per heavy atom. The van der Waals surface area contributed by atoms with Gasteiger partial charge in [-0.3, -0.25) is 0 Å². The Balaban J connectivity index is 2.27. The number of phenolic OH excluding ortho intramolecular Hbond substituents is 2. The van der Waals surface area contributed by atoms with Crippen LogP contribution in [0.1, 0.15) is 24.1 Å². The lowest BCUT2D eigenvalue weighted by molar-refractivity contribution is 0.451. The second-order valence-corrected chi connectivity index (χ2v) is 4.59. The lowest BCUT2D eigenvalue weighted by Gasteiger charge is -2.18.